The van der Waals surface area contributed by atoms with E-state index in [1.807, 2.05) is 11.9 Å². The van der Waals surface area contributed by atoms with Gasteiger partial charge in [-0.15, -0.1) is 0 Å². The third-order valence-electron chi connectivity index (χ3n) is 4.31. The molecule has 1 saturated carbocycles. The molecular formula is C14H26N2O2. The van der Waals surface area contributed by atoms with Crippen molar-refractivity contribution in [3.63, 3.8) is 0 Å². The van der Waals surface area contributed by atoms with Crippen LogP contribution in [-0.4, -0.2) is 43.2 Å². The van der Waals surface area contributed by atoms with Gasteiger partial charge >= 0.3 is 0 Å². The first-order chi connectivity index (χ1) is 8.62. The minimum absolute atomic E-state index is 0.132. The molecule has 2 aliphatic rings. The van der Waals surface area contributed by atoms with Crippen LogP contribution in [0.1, 0.15) is 44.9 Å². The molecule has 2 N–H and O–H groups in total. The number of amides is 1. The van der Waals surface area contributed by atoms with Gasteiger partial charge in [-0.2, -0.15) is 0 Å². The van der Waals surface area contributed by atoms with Crippen molar-refractivity contribution in [2.45, 2.75) is 50.5 Å². The average molecular weight is 254 g/mol. The summed E-state index contributed by atoms with van der Waals surface area (Å²) in [4.78, 5) is 14.3. The Balaban J connectivity index is 1.86. The molecule has 0 aromatic carbocycles. The molecule has 1 heterocycles. The van der Waals surface area contributed by atoms with E-state index >= 15 is 0 Å². The van der Waals surface area contributed by atoms with Gasteiger partial charge in [0.1, 0.15) is 0 Å². The quantitative estimate of drug-likeness (QED) is 0.831. The van der Waals surface area contributed by atoms with Crippen LogP contribution in [0.4, 0.5) is 0 Å². The summed E-state index contributed by atoms with van der Waals surface area (Å²) >= 11 is 0. The first kappa shape index (κ1) is 13.8. The summed E-state index contributed by atoms with van der Waals surface area (Å²) in [5.74, 6) is 0.618. The normalized spacial score (nSPS) is 27.8. The van der Waals surface area contributed by atoms with Crippen LogP contribution in [0.25, 0.3) is 0 Å². The molecule has 104 valence electrons. The number of carbonyl (C=O) groups excluding carboxylic acids is 1. The van der Waals surface area contributed by atoms with Gasteiger partial charge in [0.25, 0.3) is 0 Å². The molecule has 4 heteroatoms. The molecule has 0 radical (unpaired) electrons. The maximum Gasteiger partial charge on any atom is 0.242 e. The molecule has 0 aromatic rings. The highest BCUT2D eigenvalue weighted by atomic mass is 16.5. The third kappa shape index (κ3) is 3.23. The zero-order chi connectivity index (χ0) is 13.0. The highest BCUT2D eigenvalue weighted by Crippen LogP contribution is 2.28. The highest BCUT2D eigenvalue weighted by Gasteiger charge is 2.37. The Morgan fingerprint density at radius 1 is 1.33 bits per heavy atom. The Bertz CT molecular complexity index is 282. The van der Waals surface area contributed by atoms with Crippen LogP contribution in [0.2, 0.25) is 0 Å². The van der Waals surface area contributed by atoms with E-state index in [4.69, 9.17) is 10.5 Å². The molecule has 2 rings (SSSR count). The summed E-state index contributed by atoms with van der Waals surface area (Å²) in [7, 11) is 1.89. The molecule has 1 aliphatic carbocycles. The van der Waals surface area contributed by atoms with Crippen molar-refractivity contribution in [2.75, 3.05) is 26.8 Å². The van der Waals surface area contributed by atoms with Gasteiger partial charge < -0.3 is 15.4 Å². The van der Waals surface area contributed by atoms with Gasteiger partial charge in [-0.05, 0) is 31.6 Å². The van der Waals surface area contributed by atoms with Crippen LogP contribution in [0.5, 0.6) is 0 Å². The van der Waals surface area contributed by atoms with Gasteiger partial charge in [0.15, 0.2) is 0 Å². The van der Waals surface area contributed by atoms with Crippen molar-refractivity contribution >= 4 is 5.91 Å². The van der Waals surface area contributed by atoms with Gasteiger partial charge in [-0.3, -0.25) is 4.79 Å². The summed E-state index contributed by atoms with van der Waals surface area (Å²) < 4.78 is 5.46. The molecule has 2 fully saturated rings. The van der Waals surface area contributed by atoms with Crippen LogP contribution < -0.4 is 5.73 Å². The summed E-state index contributed by atoms with van der Waals surface area (Å²) in [5, 5.41) is 0. The Hall–Kier alpha value is -0.610. The summed E-state index contributed by atoms with van der Waals surface area (Å²) in [5.41, 5.74) is 5.69. The van der Waals surface area contributed by atoms with Gasteiger partial charge in [0.2, 0.25) is 5.91 Å². The first-order valence-corrected chi connectivity index (χ1v) is 7.24. The fraction of sp³-hybridized carbons (Fsp3) is 0.929. The van der Waals surface area contributed by atoms with Crippen molar-refractivity contribution in [1.29, 1.82) is 0 Å². The molecule has 1 unspecified atom stereocenters. The largest absolute Gasteiger partial charge is 0.381 e. The average Bonchev–Trinajstić information content (AvgIpc) is 2.40. The molecule has 1 saturated heterocycles. The Morgan fingerprint density at radius 2 is 2.06 bits per heavy atom. The minimum atomic E-state index is -0.595. The van der Waals surface area contributed by atoms with Crippen molar-refractivity contribution in [1.82, 2.24) is 4.90 Å². The van der Waals surface area contributed by atoms with Crippen molar-refractivity contribution in [2.24, 2.45) is 11.7 Å². The molecule has 1 aliphatic heterocycles. The standard InChI is InChI=1S/C14H26N2O2/c1-16(10-12-6-5-9-18-11-12)13(17)14(15)7-3-2-4-8-14/h12H,2-11,15H2,1H3. The summed E-state index contributed by atoms with van der Waals surface area (Å²) in [6, 6.07) is 0. The fourth-order valence-electron chi connectivity index (χ4n) is 3.20. The van der Waals surface area contributed by atoms with Crippen molar-refractivity contribution in [3.8, 4) is 0 Å². The van der Waals surface area contributed by atoms with Crippen LogP contribution in [-0.2, 0) is 9.53 Å². The van der Waals surface area contributed by atoms with Crippen LogP contribution in [0.15, 0.2) is 0 Å². The second-order valence-electron chi connectivity index (χ2n) is 5.99. The van der Waals surface area contributed by atoms with E-state index in [1.165, 1.54) is 6.42 Å². The second kappa shape index (κ2) is 6.02. The molecule has 1 amide bonds. The van der Waals surface area contributed by atoms with Crippen molar-refractivity contribution < 1.29 is 9.53 Å². The van der Waals surface area contributed by atoms with E-state index < -0.39 is 5.54 Å². The molecule has 18 heavy (non-hydrogen) atoms. The van der Waals surface area contributed by atoms with Crippen LogP contribution in [0, 0.1) is 5.92 Å². The number of nitrogens with two attached hydrogens (primary N) is 1. The van der Waals surface area contributed by atoms with Gasteiger partial charge in [-0.1, -0.05) is 19.3 Å². The first-order valence-electron chi connectivity index (χ1n) is 7.24. The van der Waals surface area contributed by atoms with E-state index in [0.29, 0.717) is 5.92 Å². The Kier molecular flexibility index (Phi) is 4.62. The van der Waals surface area contributed by atoms with Gasteiger partial charge in [-0.25, -0.2) is 0 Å². The zero-order valence-corrected chi connectivity index (χ0v) is 11.5. The smallest absolute Gasteiger partial charge is 0.242 e. The maximum absolute atomic E-state index is 12.5. The van der Waals surface area contributed by atoms with Gasteiger partial charge in [0.05, 0.1) is 12.1 Å². The lowest BCUT2D eigenvalue weighted by Crippen LogP contribution is -2.56. The third-order valence-corrected chi connectivity index (χ3v) is 4.31. The number of carbonyl (C=O) groups is 1. The van der Waals surface area contributed by atoms with E-state index in [2.05, 4.69) is 0 Å². The predicted molar refractivity (Wildman–Crippen MR) is 71.2 cm³/mol. The van der Waals surface area contributed by atoms with Crippen LogP contribution in [0.3, 0.4) is 0 Å². The van der Waals surface area contributed by atoms with E-state index in [-0.39, 0.29) is 5.91 Å². The maximum atomic E-state index is 12.5. The Morgan fingerprint density at radius 3 is 2.67 bits per heavy atom. The lowest BCUT2D eigenvalue weighted by molar-refractivity contribution is -0.138. The van der Waals surface area contributed by atoms with Crippen LogP contribution >= 0.6 is 0 Å². The van der Waals surface area contributed by atoms with E-state index in [0.717, 1.165) is 58.3 Å². The number of ether oxygens (including phenoxy) is 1. The Labute approximate surface area is 110 Å². The number of rotatable bonds is 3. The second-order valence-corrected chi connectivity index (χ2v) is 5.99. The molecule has 0 aromatic heterocycles. The SMILES string of the molecule is CN(CC1CCCOC1)C(=O)C1(N)CCCCC1. The molecule has 0 spiro atoms. The molecule has 1 atom stereocenters. The zero-order valence-electron chi connectivity index (χ0n) is 11.5. The number of hydrogen-bond acceptors (Lipinski definition) is 3. The topological polar surface area (TPSA) is 55.6 Å². The molecule has 0 bridgehead atoms. The lowest BCUT2D eigenvalue weighted by Gasteiger charge is -2.37. The predicted octanol–water partition coefficient (Wildman–Crippen LogP) is 1.53. The van der Waals surface area contributed by atoms with Gasteiger partial charge in [0, 0.05) is 20.2 Å². The fourth-order valence-corrected chi connectivity index (χ4v) is 3.20. The molecule has 4 nitrogen and oxygen atoms in total. The summed E-state index contributed by atoms with van der Waals surface area (Å²) in [6.07, 6.45) is 7.35. The lowest BCUT2D eigenvalue weighted by atomic mass is 9.81. The monoisotopic (exact) mass is 254 g/mol. The van der Waals surface area contributed by atoms with Crippen molar-refractivity contribution in [3.05, 3.63) is 0 Å². The van der Waals surface area contributed by atoms with E-state index in [9.17, 15) is 4.79 Å². The minimum Gasteiger partial charge on any atom is -0.381 e. The number of nitrogens with zero attached hydrogens (tertiary/aromatic N) is 1. The number of likely N-dealkylation sites (N-methyl/N-ethyl adjacent to an activating group) is 1. The number of hydrogen-bond donors (Lipinski definition) is 1. The highest BCUT2D eigenvalue weighted by molar-refractivity contribution is 5.86. The summed E-state index contributed by atoms with van der Waals surface area (Å²) in [6.45, 7) is 2.45. The molecular weight excluding hydrogens is 228 g/mol. The van der Waals surface area contributed by atoms with E-state index in [1.54, 1.807) is 0 Å².